The molecule has 0 saturated heterocycles. The Morgan fingerprint density at radius 2 is 2.20 bits per heavy atom. The molecule has 0 saturated carbocycles. The van der Waals surface area contributed by atoms with Gasteiger partial charge in [-0.05, 0) is 37.6 Å². The van der Waals surface area contributed by atoms with E-state index in [-0.39, 0.29) is 5.97 Å². The minimum Gasteiger partial charge on any atom is -0.460 e. The van der Waals surface area contributed by atoms with Crippen molar-refractivity contribution < 1.29 is 9.53 Å². The highest BCUT2D eigenvalue weighted by Gasteiger charge is 2.15. The topological polar surface area (TPSA) is 69.9 Å². The largest absolute Gasteiger partial charge is 0.460 e. The van der Waals surface area contributed by atoms with Crippen molar-refractivity contribution in [2.45, 2.75) is 45.8 Å². The predicted molar refractivity (Wildman–Crippen MR) is 52.9 cm³/mol. The number of hydrogen-bond donors (Lipinski definition) is 0. The van der Waals surface area contributed by atoms with Gasteiger partial charge in [0.05, 0.1) is 0 Å². The molecule has 0 N–H and O–H groups in total. The third-order valence-electron chi connectivity index (χ3n) is 1.58. The average molecular weight is 212 g/mol. The van der Waals surface area contributed by atoms with Crippen LogP contribution < -0.4 is 0 Å². The lowest BCUT2D eigenvalue weighted by molar-refractivity contribution is -0.154. The van der Waals surface area contributed by atoms with E-state index >= 15 is 0 Å². The summed E-state index contributed by atoms with van der Waals surface area (Å²) in [5.41, 5.74) is -0.411. The Labute approximate surface area is 88.6 Å². The summed E-state index contributed by atoms with van der Waals surface area (Å²) in [4.78, 5) is 11.3. The third-order valence-corrected chi connectivity index (χ3v) is 1.58. The maximum Gasteiger partial charge on any atom is 0.306 e. The molecular weight excluding hydrogens is 196 g/mol. The predicted octanol–water partition coefficient (Wildman–Crippen LogP) is 0.795. The van der Waals surface area contributed by atoms with E-state index in [0.717, 1.165) is 0 Å². The Hall–Kier alpha value is -1.46. The molecule has 0 spiro atoms. The quantitative estimate of drug-likeness (QED) is 0.690. The number of ether oxygens (including phenoxy) is 1. The fourth-order valence-corrected chi connectivity index (χ4v) is 1.06. The molecule has 0 aromatic carbocycles. The lowest BCUT2D eigenvalue weighted by Crippen LogP contribution is -2.23. The van der Waals surface area contributed by atoms with Crippen molar-refractivity contribution in [3.63, 3.8) is 0 Å². The molecular formula is C9H16N4O2. The van der Waals surface area contributed by atoms with E-state index in [4.69, 9.17) is 4.74 Å². The number of tetrazole rings is 1. The molecule has 15 heavy (non-hydrogen) atoms. The Balaban J connectivity index is 2.18. The molecule has 0 fully saturated rings. The van der Waals surface area contributed by atoms with E-state index in [0.29, 0.717) is 19.4 Å². The summed E-state index contributed by atoms with van der Waals surface area (Å²) in [6.45, 7) is 6.19. The summed E-state index contributed by atoms with van der Waals surface area (Å²) >= 11 is 0. The molecule has 0 unspecified atom stereocenters. The molecule has 1 aromatic heterocycles. The zero-order valence-corrected chi connectivity index (χ0v) is 9.30. The normalized spacial score (nSPS) is 11.4. The van der Waals surface area contributed by atoms with Gasteiger partial charge in [-0.25, -0.2) is 4.68 Å². The van der Waals surface area contributed by atoms with Crippen LogP contribution in [-0.2, 0) is 16.1 Å². The van der Waals surface area contributed by atoms with E-state index in [9.17, 15) is 4.79 Å². The van der Waals surface area contributed by atoms with Crippen LogP contribution in [0.4, 0.5) is 0 Å². The number of esters is 1. The van der Waals surface area contributed by atoms with Crippen LogP contribution in [0.1, 0.15) is 33.6 Å². The van der Waals surface area contributed by atoms with Gasteiger partial charge in [0.2, 0.25) is 0 Å². The number of nitrogens with zero attached hydrogens (tertiary/aromatic N) is 4. The molecule has 1 aromatic rings. The van der Waals surface area contributed by atoms with Crippen molar-refractivity contribution in [1.82, 2.24) is 20.2 Å². The van der Waals surface area contributed by atoms with Crippen molar-refractivity contribution in [1.29, 1.82) is 0 Å². The fourth-order valence-electron chi connectivity index (χ4n) is 1.06. The molecule has 84 valence electrons. The summed E-state index contributed by atoms with van der Waals surface area (Å²) < 4.78 is 6.74. The Morgan fingerprint density at radius 1 is 1.47 bits per heavy atom. The van der Waals surface area contributed by atoms with Crippen LogP contribution in [0.15, 0.2) is 6.33 Å². The lowest BCUT2D eigenvalue weighted by atomic mass is 10.2. The van der Waals surface area contributed by atoms with E-state index in [2.05, 4.69) is 15.5 Å². The molecule has 1 heterocycles. The molecule has 0 radical (unpaired) electrons. The van der Waals surface area contributed by atoms with Gasteiger partial charge in [-0.1, -0.05) is 0 Å². The zero-order valence-electron chi connectivity index (χ0n) is 9.30. The summed E-state index contributed by atoms with van der Waals surface area (Å²) in [5.74, 6) is -0.185. The van der Waals surface area contributed by atoms with Crippen molar-refractivity contribution in [3.05, 3.63) is 6.33 Å². The van der Waals surface area contributed by atoms with Crippen LogP contribution in [0.2, 0.25) is 0 Å². The summed E-state index contributed by atoms with van der Waals surface area (Å²) in [5, 5.41) is 10.7. The van der Waals surface area contributed by atoms with Crippen molar-refractivity contribution in [2.75, 3.05) is 0 Å². The first-order valence-corrected chi connectivity index (χ1v) is 4.90. The molecule has 0 aliphatic heterocycles. The summed E-state index contributed by atoms with van der Waals surface area (Å²) in [6, 6.07) is 0. The number of aryl methyl sites for hydroxylation is 1. The monoisotopic (exact) mass is 212 g/mol. The van der Waals surface area contributed by atoms with Crippen molar-refractivity contribution in [2.24, 2.45) is 0 Å². The van der Waals surface area contributed by atoms with Crippen LogP contribution in [-0.4, -0.2) is 31.8 Å². The highest BCUT2D eigenvalue weighted by Crippen LogP contribution is 2.09. The molecule has 6 nitrogen and oxygen atoms in total. The zero-order chi connectivity index (χ0) is 11.3. The number of carbonyl (C=O) groups excluding carboxylic acids is 1. The Kier molecular flexibility index (Phi) is 3.76. The first-order valence-electron chi connectivity index (χ1n) is 4.90. The van der Waals surface area contributed by atoms with Gasteiger partial charge in [0.1, 0.15) is 11.9 Å². The smallest absolute Gasteiger partial charge is 0.306 e. The Bertz CT molecular complexity index is 302. The Morgan fingerprint density at radius 3 is 2.73 bits per heavy atom. The number of rotatable bonds is 4. The second-order valence-electron chi connectivity index (χ2n) is 4.26. The lowest BCUT2D eigenvalue weighted by Gasteiger charge is -2.19. The van der Waals surface area contributed by atoms with E-state index in [1.54, 1.807) is 4.68 Å². The van der Waals surface area contributed by atoms with Crippen molar-refractivity contribution >= 4 is 5.97 Å². The first kappa shape index (κ1) is 11.6. The van der Waals surface area contributed by atoms with Crippen LogP contribution in [0, 0.1) is 0 Å². The van der Waals surface area contributed by atoms with Gasteiger partial charge in [-0.15, -0.1) is 5.10 Å². The summed E-state index contributed by atoms with van der Waals surface area (Å²) in [6.07, 6.45) is 2.59. The SMILES string of the molecule is CC(C)(C)OC(=O)CCCn1cnnn1. The fraction of sp³-hybridized carbons (Fsp3) is 0.778. The van der Waals surface area contributed by atoms with Gasteiger partial charge in [0.25, 0.3) is 0 Å². The van der Waals surface area contributed by atoms with Gasteiger partial charge >= 0.3 is 5.97 Å². The number of hydrogen-bond acceptors (Lipinski definition) is 5. The highest BCUT2D eigenvalue weighted by atomic mass is 16.6. The van der Waals surface area contributed by atoms with Gasteiger partial charge in [0.15, 0.2) is 0 Å². The van der Waals surface area contributed by atoms with Gasteiger partial charge in [0, 0.05) is 13.0 Å². The van der Waals surface area contributed by atoms with Gasteiger partial charge in [-0.2, -0.15) is 0 Å². The first-order chi connectivity index (χ1) is 6.97. The van der Waals surface area contributed by atoms with E-state index in [1.807, 2.05) is 20.8 Å². The summed E-state index contributed by atoms with van der Waals surface area (Å²) in [7, 11) is 0. The molecule has 0 bridgehead atoms. The van der Waals surface area contributed by atoms with Gasteiger partial charge < -0.3 is 4.74 Å². The standard InChI is InChI=1S/C9H16N4O2/c1-9(2,3)15-8(14)5-4-6-13-7-10-11-12-13/h7H,4-6H2,1-3H3. The third kappa shape index (κ3) is 5.09. The maximum absolute atomic E-state index is 11.3. The van der Waals surface area contributed by atoms with Crippen LogP contribution >= 0.6 is 0 Å². The molecule has 0 aliphatic carbocycles. The highest BCUT2D eigenvalue weighted by molar-refractivity contribution is 5.69. The second kappa shape index (κ2) is 4.86. The minimum atomic E-state index is -0.411. The molecule has 0 amide bonds. The minimum absolute atomic E-state index is 0.185. The van der Waals surface area contributed by atoms with E-state index < -0.39 is 5.60 Å². The number of carbonyl (C=O) groups is 1. The van der Waals surface area contributed by atoms with Gasteiger partial charge in [-0.3, -0.25) is 4.79 Å². The maximum atomic E-state index is 11.3. The van der Waals surface area contributed by atoms with Crippen LogP contribution in [0.5, 0.6) is 0 Å². The van der Waals surface area contributed by atoms with Crippen molar-refractivity contribution in [3.8, 4) is 0 Å². The molecule has 0 atom stereocenters. The average Bonchev–Trinajstić information content (AvgIpc) is 2.53. The molecule has 1 rings (SSSR count). The second-order valence-corrected chi connectivity index (χ2v) is 4.26. The van der Waals surface area contributed by atoms with Crippen LogP contribution in [0.3, 0.4) is 0 Å². The van der Waals surface area contributed by atoms with Crippen LogP contribution in [0.25, 0.3) is 0 Å². The van der Waals surface area contributed by atoms with E-state index in [1.165, 1.54) is 6.33 Å². The molecule has 6 heteroatoms. The molecule has 0 aliphatic rings. The number of aromatic nitrogens is 4.